The van der Waals surface area contributed by atoms with E-state index in [9.17, 15) is 0 Å². The van der Waals surface area contributed by atoms with Gasteiger partial charge in [-0.1, -0.05) is 20.8 Å². The summed E-state index contributed by atoms with van der Waals surface area (Å²) in [6.45, 7) is 12.3. The maximum absolute atomic E-state index is 3.64. The Hall–Kier alpha value is -0.0800. The first-order chi connectivity index (χ1) is 7.65. The van der Waals surface area contributed by atoms with Gasteiger partial charge in [-0.2, -0.15) is 0 Å². The van der Waals surface area contributed by atoms with Crippen molar-refractivity contribution in [3.05, 3.63) is 0 Å². The quantitative estimate of drug-likeness (QED) is 0.771. The average molecular weight is 224 g/mol. The molecule has 3 unspecified atom stereocenters. The number of hydrogen-bond donors (Lipinski definition) is 1. The molecular formula is C14H28N2. The molecule has 1 aliphatic carbocycles. The van der Waals surface area contributed by atoms with Crippen molar-refractivity contribution in [3.8, 4) is 0 Å². The highest BCUT2D eigenvalue weighted by Crippen LogP contribution is 2.23. The van der Waals surface area contributed by atoms with E-state index in [0.717, 1.165) is 23.8 Å². The van der Waals surface area contributed by atoms with Gasteiger partial charge < -0.3 is 10.2 Å². The first-order valence-electron chi connectivity index (χ1n) is 7.11. The lowest BCUT2D eigenvalue weighted by molar-refractivity contribution is 0.123. The monoisotopic (exact) mass is 224 g/mol. The van der Waals surface area contributed by atoms with Crippen molar-refractivity contribution in [2.24, 2.45) is 17.8 Å². The van der Waals surface area contributed by atoms with Crippen LogP contribution in [0.5, 0.6) is 0 Å². The molecule has 2 aliphatic rings. The second-order valence-electron chi connectivity index (χ2n) is 6.29. The molecule has 1 N–H and O–H groups in total. The summed E-state index contributed by atoms with van der Waals surface area (Å²) in [5, 5.41) is 3.64. The van der Waals surface area contributed by atoms with Crippen molar-refractivity contribution in [1.82, 2.24) is 10.2 Å². The topological polar surface area (TPSA) is 15.3 Å². The Morgan fingerprint density at radius 3 is 2.56 bits per heavy atom. The number of likely N-dealkylation sites (tertiary alicyclic amines) is 1. The molecule has 2 nitrogen and oxygen atoms in total. The van der Waals surface area contributed by atoms with Crippen molar-refractivity contribution in [1.29, 1.82) is 0 Å². The predicted molar refractivity (Wildman–Crippen MR) is 69.6 cm³/mol. The van der Waals surface area contributed by atoms with Crippen LogP contribution in [0, 0.1) is 17.8 Å². The fourth-order valence-electron chi connectivity index (χ4n) is 2.68. The highest BCUT2D eigenvalue weighted by molar-refractivity contribution is 4.82. The van der Waals surface area contributed by atoms with Gasteiger partial charge in [-0.3, -0.25) is 0 Å². The standard InChI is InChI=1S/C14H28N2/c1-11(8-15-14-4-5-14)9-16-7-6-12(2)13(3)10-16/h11-15H,4-10H2,1-3H3. The molecular weight excluding hydrogens is 196 g/mol. The third kappa shape index (κ3) is 3.74. The van der Waals surface area contributed by atoms with Gasteiger partial charge in [-0.05, 0) is 50.1 Å². The molecule has 1 aliphatic heterocycles. The van der Waals surface area contributed by atoms with E-state index < -0.39 is 0 Å². The molecule has 0 radical (unpaired) electrons. The Morgan fingerprint density at radius 1 is 1.19 bits per heavy atom. The number of nitrogens with zero attached hydrogens (tertiary/aromatic N) is 1. The van der Waals surface area contributed by atoms with Crippen molar-refractivity contribution in [2.45, 2.75) is 46.1 Å². The van der Waals surface area contributed by atoms with Gasteiger partial charge in [0.05, 0.1) is 0 Å². The van der Waals surface area contributed by atoms with Gasteiger partial charge in [0, 0.05) is 19.1 Å². The van der Waals surface area contributed by atoms with E-state index in [1.807, 2.05) is 0 Å². The molecule has 0 amide bonds. The fourth-order valence-corrected chi connectivity index (χ4v) is 2.68. The van der Waals surface area contributed by atoms with E-state index in [1.54, 1.807) is 0 Å². The van der Waals surface area contributed by atoms with E-state index in [-0.39, 0.29) is 0 Å². The lowest BCUT2D eigenvalue weighted by atomic mass is 9.88. The molecule has 1 saturated carbocycles. The van der Waals surface area contributed by atoms with Crippen LogP contribution in [0.15, 0.2) is 0 Å². The summed E-state index contributed by atoms with van der Waals surface area (Å²) in [6, 6.07) is 0.864. The van der Waals surface area contributed by atoms with Crippen LogP contribution < -0.4 is 5.32 Å². The second kappa shape index (κ2) is 5.50. The zero-order valence-corrected chi connectivity index (χ0v) is 11.2. The van der Waals surface area contributed by atoms with Gasteiger partial charge in [0.1, 0.15) is 0 Å². The molecule has 2 rings (SSSR count). The van der Waals surface area contributed by atoms with Crippen LogP contribution in [-0.2, 0) is 0 Å². The Bertz CT molecular complexity index is 213. The van der Waals surface area contributed by atoms with Gasteiger partial charge in [-0.15, -0.1) is 0 Å². The number of nitrogens with one attached hydrogen (secondary N) is 1. The highest BCUT2D eigenvalue weighted by Gasteiger charge is 2.24. The smallest absolute Gasteiger partial charge is 0.00683 e. The number of piperidine rings is 1. The molecule has 0 aromatic rings. The summed E-state index contributed by atoms with van der Waals surface area (Å²) in [5.74, 6) is 2.62. The molecule has 94 valence electrons. The van der Waals surface area contributed by atoms with Crippen molar-refractivity contribution >= 4 is 0 Å². The lowest BCUT2D eigenvalue weighted by Gasteiger charge is -2.36. The van der Waals surface area contributed by atoms with Crippen LogP contribution in [0.25, 0.3) is 0 Å². The van der Waals surface area contributed by atoms with E-state index in [4.69, 9.17) is 0 Å². The molecule has 3 atom stereocenters. The molecule has 2 fully saturated rings. The largest absolute Gasteiger partial charge is 0.314 e. The summed E-state index contributed by atoms with van der Waals surface area (Å²) in [7, 11) is 0. The molecule has 1 saturated heterocycles. The molecule has 2 heteroatoms. The van der Waals surface area contributed by atoms with Gasteiger partial charge >= 0.3 is 0 Å². The lowest BCUT2D eigenvalue weighted by Crippen LogP contribution is -2.42. The van der Waals surface area contributed by atoms with E-state index in [0.29, 0.717) is 0 Å². The minimum absolute atomic E-state index is 0.807. The molecule has 16 heavy (non-hydrogen) atoms. The van der Waals surface area contributed by atoms with Crippen LogP contribution in [0.2, 0.25) is 0 Å². The summed E-state index contributed by atoms with van der Waals surface area (Å²) < 4.78 is 0. The third-order valence-corrected chi connectivity index (χ3v) is 4.32. The van der Waals surface area contributed by atoms with Gasteiger partial charge in [-0.25, -0.2) is 0 Å². The van der Waals surface area contributed by atoms with Crippen LogP contribution >= 0.6 is 0 Å². The van der Waals surface area contributed by atoms with E-state index >= 15 is 0 Å². The van der Waals surface area contributed by atoms with E-state index in [2.05, 4.69) is 31.0 Å². The Morgan fingerprint density at radius 2 is 1.94 bits per heavy atom. The average Bonchev–Trinajstić information content (AvgIpc) is 3.04. The summed E-state index contributed by atoms with van der Waals surface area (Å²) in [4.78, 5) is 2.67. The van der Waals surface area contributed by atoms with Crippen molar-refractivity contribution in [2.75, 3.05) is 26.2 Å². The van der Waals surface area contributed by atoms with Crippen LogP contribution in [-0.4, -0.2) is 37.1 Å². The van der Waals surface area contributed by atoms with Crippen LogP contribution in [0.4, 0.5) is 0 Å². The molecule has 0 aromatic carbocycles. The number of hydrogen-bond acceptors (Lipinski definition) is 2. The summed E-state index contributed by atoms with van der Waals surface area (Å²) in [6.07, 6.45) is 4.21. The van der Waals surface area contributed by atoms with E-state index in [1.165, 1.54) is 45.4 Å². The normalized spacial score (nSPS) is 33.9. The molecule has 0 bridgehead atoms. The second-order valence-corrected chi connectivity index (χ2v) is 6.29. The minimum atomic E-state index is 0.807. The summed E-state index contributed by atoms with van der Waals surface area (Å²) in [5.41, 5.74) is 0. The van der Waals surface area contributed by atoms with Gasteiger partial charge in [0.25, 0.3) is 0 Å². The Labute approximate surface area is 101 Å². The van der Waals surface area contributed by atoms with Crippen LogP contribution in [0.1, 0.15) is 40.0 Å². The van der Waals surface area contributed by atoms with Gasteiger partial charge in [0.15, 0.2) is 0 Å². The third-order valence-electron chi connectivity index (χ3n) is 4.32. The Kier molecular flexibility index (Phi) is 4.26. The van der Waals surface area contributed by atoms with Crippen molar-refractivity contribution < 1.29 is 0 Å². The van der Waals surface area contributed by atoms with Crippen molar-refractivity contribution in [3.63, 3.8) is 0 Å². The first-order valence-corrected chi connectivity index (χ1v) is 7.11. The Balaban J connectivity index is 1.63. The molecule has 1 heterocycles. The minimum Gasteiger partial charge on any atom is -0.314 e. The summed E-state index contributed by atoms with van der Waals surface area (Å²) >= 11 is 0. The molecule has 0 aromatic heterocycles. The zero-order valence-electron chi connectivity index (χ0n) is 11.2. The maximum atomic E-state index is 3.64. The maximum Gasteiger partial charge on any atom is 0.00683 e. The SMILES string of the molecule is CC(CNC1CC1)CN1CCC(C)C(C)C1. The molecule has 0 spiro atoms. The van der Waals surface area contributed by atoms with Crippen LogP contribution in [0.3, 0.4) is 0 Å². The van der Waals surface area contributed by atoms with Gasteiger partial charge in [0.2, 0.25) is 0 Å². The zero-order chi connectivity index (χ0) is 11.5. The predicted octanol–water partition coefficient (Wildman–Crippen LogP) is 2.35. The fraction of sp³-hybridized carbons (Fsp3) is 1.00. The first kappa shape index (κ1) is 12.4. The number of rotatable bonds is 5. The highest BCUT2D eigenvalue weighted by atomic mass is 15.1.